The van der Waals surface area contributed by atoms with E-state index in [1.807, 2.05) is 12.3 Å². The number of ether oxygens (including phenoxy) is 2. The number of pyridine rings is 1. The van der Waals surface area contributed by atoms with E-state index < -0.39 is 0 Å². The molecule has 2 N–H and O–H groups in total. The molecule has 1 spiro atoms. The summed E-state index contributed by atoms with van der Waals surface area (Å²) in [4.78, 5) is 22.9. The number of aromatic amines is 1. The first-order valence-corrected chi connectivity index (χ1v) is 14.5. The summed E-state index contributed by atoms with van der Waals surface area (Å²) in [6, 6.07) is 9.22. The summed E-state index contributed by atoms with van der Waals surface area (Å²) in [5.41, 5.74) is 7.03. The van der Waals surface area contributed by atoms with Gasteiger partial charge in [-0.15, -0.1) is 0 Å². The van der Waals surface area contributed by atoms with Crippen LogP contribution in [0.25, 0.3) is 27.8 Å². The Balaban J connectivity index is 1.06. The van der Waals surface area contributed by atoms with E-state index in [2.05, 4.69) is 57.3 Å². The van der Waals surface area contributed by atoms with Crippen LogP contribution in [0.15, 0.2) is 36.8 Å². The fourth-order valence-corrected chi connectivity index (χ4v) is 7.13. The average Bonchev–Trinajstić information content (AvgIpc) is 3.53. The number of nitrogens with zero attached hydrogens (tertiary/aromatic N) is 4. The second-order valence-electron chi connectivity index (χ2n) is 12.5. The fourth-order valence-electron chi connectivity index (χ4n) is 7.13. The number of fused-ring (bicyclic) bond motifs is 2. The lowest BCUT2D eigenvalue weighted by Gasteiger charge is -2.54. The Hall–Kier alpha value is -3.43. The predicted molar refractivity (Wildman–Crippen MR) is 154 cm³/mol. The first-order chi connectivity index (χ1) is 19.4. The first-order valence-electron chi connectivity index (χ1n) is 14.5. The molecule has 0 unspecified atom stereocenters. The molecule has 1 aromatic carbocycles. The monoisotopic (exact) mass is 542 g/mol. The van der Waals surface area contributed by atoms with E-state index in [1.54, 1.807) is 18.0 Å². The highest BCUT2D eigenvalue weighted by molar-refractivity contribution is 5.92. The zero-order chi connectivity index (χ0) is 27.4. The molecule has 0 atom stereocenters. The Labute approximate surface area is 234 Å². The van der Waals surface area contributed by atoms with Crippen molar-refractivity contribution in [3.63, 3.8) is 0 Å². The number of aromatic nitrogens is 4. The van der Waals surface area contributed by atoms with Crippen LogP contribution >= 0.6 is 0 Å². The van der Waals surface area contributed by atoms with Gasteiger partial charge in [0.2, 0.25) is 5.91 Å². The molecule has 7 rings (SSSR count). The van der Waals surface area contributed by atoms with E-state index in [9.17, 15) is 4.79 Å². The number of amides is 1. The maximum absolute atomic E-state index is 12.6. The highest BCUT2D eigenvalue weighted by atomic mass is 16.5. The SMILES string of the molecule is COc1cc(-c2[nH]c3ccc(C4CCC(NC(=O)CN5CC6(COC6)C5)CC4)cc3c2C(C)C)cn2ncnc12. The average molecular weight is 543 g/mol. The number of nitrogens with one attached hydrogen (secondary N) is 2. The molecule has 1 saturated carbocycles. The molecular weight excluding hydrogens is 504 g/mol. The summed E-state index contributed by atoms with van der Waals surface area (Å²) in [5.74, 6) is 1.72. The maximum atomic E-state index is 12.6. The molecule has 3 fully saturated rings. The van der Waals surface area contributed by atoms with E-state index in [0.29, 0.717) is 35.2 Å². The molecule has 40 heavy (non-hydrogen) atoms. The largest absolute Gasteiger partial charge is 0.493 e. The van der Waals surface area contributed by atoms with Gasteiger partial charge in [0, 0.05) is 47.2 Å². The van der Waals surface area contributed by atoms with Crippen LogP contribution in [0.3, 0.4) is 0 Å². The van der Waals surface area contributed by atoms with Crippen molar-refractivity contribution in [3.8, 4) is 17.0 Å². The third kappa shape index (κ3) is 4.45. The lowest BCUT2D eigenvalue weighted by atomic mass is 9.78. The van der Waals surface area contributed by atoms with Gasteiger partial charge in [-0.2, -0.15) is 5.10 Å². The van der Waals surface area contributed by atoms with Gasteiger partial charge in [0.25, 0.3) is 0 Å². The van der Waals surface area contributed by atoms with Crippen LogP contribution < -0.4 is 10.1 Å². The van der Waals surface area contributed by atoms with Crippen molar-refractivity contribution in [2.75, 3.05) is 40.0 Å². The first kappa shape index (κ1) is 25.5. The highest BCUT2D eigenvalue weighted by Gasteiger charge is 2.49. The van der Waals surface area contributed by atoms with Crippen molar-refractivity contribution in [1.29, 1.82) is 0 Å². The van der Waals surface area contributed by atoms with Gasteiger partial charge in [-0.25, -0.2) is 9.50 Å². The third-order valence-corrected chi connectivity index (χ3v) is 9.16. The summed E-state index contributed by atoms with van der Waals surface area (Å²) in [6.45, 7) is 8.72. The zero-order valence-corrected chi connectivity index (χ0v) is 23.6. The molecule has 1 amide bonds. The van der Waals surface area contributed by atoms with E-state index >= 15 is 0 Å². The molecule has 210 valence electrons. The normalized spacial score (nSPS) is 22.5. The van der Waals surface area contributed by atoms with Crippen LogP contribution in [0.2, 0.25) is 0 Å². The number of likely N-dealkylation sites (tertiary alicyclic amines) is 1. The predicted octanol–water partition coefficient (Wildman–Crippen LogP) is 4.48. The molecule has 0 bridgehead atoms. The van der Waals surface area contributed by atoms with Crippen molar-refractivity contribution < 1.29 is 14.3 Å². The Bertz CT molecular complexity index is 1550. The minimum atomic E-state index is 0.169. The van der Waals surface area contributed by atoms with Crippen molar-refractivity contribution in [2.45, 2.75) is 57.4 Å². The Morgan fingerprint density at radius 1 is 1.20 bits per heavy atom. The molecule has 4 aromatic rings. The molecule has 1 aliphatic carbocycles. The van der Waals surface area contributed by atoms with Gasteiger partial charge < -0.3 is 19.8 Å². The van der Waals surface area contributed by atoms with E-state index in [-0.39, 0.29) is 11.9 Å². The zero-order valence-electron chi connectivity index (χ0n) is 23.6. The molecule has 0 radical (unpaired) electrons. The number of carbonyl (C=O) groups is 1. The standard InChI is InChI=1S/C31H38N6O3/c1-19(2)28-24-10-21(6-9-25(24)35-29(28)22-11-26(39-3)30-32-18-33-37(30)12-22)20-4-7-23(8-5-20)34-27(38)13-36-14-31(15-36)16-40-17-31/h6,9-12,18-20,23,35H,4-5,7-8,13-17H2,1-3H3,(H,34,38). The quantitative estimate of drug-likeness (QED) is 0.357. The van der Waals surface area contributed by atoms with Gasteiger partial charge in [0.15, 0.2) is 11.4 Å². The number of benzene rings is 1. The molecule has 9 nitrogen and oxygen atoms in total. The van der Waals surface area contributed by atoms with E-state index in [0.717, 1.165) is 68.8 Å². The van der Waals surface area contributed by atoms with Crippen LogP contribution in [0.1, 0.15) is 62.5 Å². The summed E-state index contributed by atoms with van der Waals surface area (Å²) >= 11 is 0. The number of hydrogen-bond donors (Lipinski definition) is 2. The number of rotatable bonds is 7. The maximum Gasteiger partial charge on any atom is 0.234 e. The van der Waals surface area contributed by atoms with Gasteiger partial charge in [-0.05, 0) is 66.8 Å². The third-order valence-electron chi connectivity index (χ3n) is 9.16. The number of H-pyrrole nitrogens is 1. The van der Waals surface area contributed by atoms with Gasteiger partial charge in [-0.3, -0.25) is 9.69 Å². The molecule has 2 saturated heterocycles. The van der Waals surface area contributed by atoms with E-state index in [1.165, 1.54) is 16.5 Å². The number of methoxy groups -OCH3 is 1. The van der Waals surface area contributed by atoms with Gasteiger partial charge in [0.1, 0.15) is 6.33 Å². The molecule has 3 aromatic heterocycles. The molecular formula is C31H38N6O3. The highest BCUT2D eigenvalue weighted by Crippen LogP contribution is 2.41. The minimum Gasteiger partial charge on any atom is -0.493 e. The molecule has 2 aliphatic heterocycles. The van der Waals surface area contributed by atoms with Crippen molar-refractivity contribution in [2.24, 2.45) is 5.41 Å². The van der Waals surface area contributed by atoms with Crippen molar-refractivity contribution >= 4 is 22.5 Å². The number of carbonyl (C=O) groups excluding carboxylic acids is 1. The lowest BCUT2D eigenvalue weighted by Crippen LogP contribution is -2.67. The summed E-state index contributed by atoms with van der Waals surface area (Å²) in [5, 5.41) is 8.94. The summed E-state index contributed by atoms with van der Waals surface area (Å²) < 4.78 is 12.7. The van der Waals surface area contributed by atoms with Gasteiger partial charge >= 0.3 is 0 Å². The smallest absolute Gasteiger partial charge is 0.234 e. The Kier molecular flexibility index (Phi) is 6.31. The minimum absolute atomic E-state index is 0.169. The molecule has 9 heteroatoms. The van der Waals surface area contributed by atoms with Gasteiger partial charge in [0.05, 0.1) is 32.6 Å². The topological polar surface area (TPSA) is 96.8 Å². The van der Waals surface area contributed by atoms with Crippen molar-refractivity contribution in [3.05, 3.63) is 47.9 Å². The Morgan fingerprint density at radius 3 is 2.70 bits per heavy atom. The van der Waals surface area contributed by atoms with Crippen LogP contribution in [-0.4, -0.2) is 76.4 Å². The number of hydrogen-bond acceptors (Lipinski definition) is 6. The van der Waals surface area contributed by atoms with Crippen LogP contribution in [-0.2, 0) is 9.53 Å². The van der Waals surface area contributed by atoms with Gasteiger partial charge in [-0.1, -0.05) is 19.9 Å². The summed E-state index contributed by atoms with van der Waals surface area (Å²) in [6.07, 6.45) is 7.80. The molecule has 5 heterocycles. The second-order valence-corrected chi connectivity index (χ2v) is 12.5. The van der Waals surface area contributed by atoms with Crippen LogP contribution in [0.4, 0.5) is 0 Å². The molecule has 3 aliphatic rings. The van der Waals surface area contributed by atoms with Crippen molar-refractivity contribution in [1.82, 2.24) is 29.8 Å². The lowest BCUT2D eigenvalue weighted by molar-refractivity contribution is -0.189. The van der Waals surface area contributed by atoms with E-state index in [4.69, 9.17) is 9.47 Å². The fraction of sp³-hybridized carbons (Fsp3) is 0.516. The Morgan fingerprint density at radius 2 is 2.00 bits per heavy atom. The van der Waals surface area contributed by atoms with Crippen LogP contribution in [0.5, 0.6) is 5.75 Å². The van der Waals surface area contributed by atoms with Crippen LogP contribution in [0, 0.1) is 5.41 Å². The summed E-state index contributed by atoms with van der Waals surface area (Å²) in [7, 11) is 1.67. The second kappa shape index (κ2) is 9.89.